The minimum absolute atomic E-state index is 0.0977. The number of hydrogen-bond donors (Lipinski definition) is 1. The fourth-order valence-corrected chi connectivity index (χ4v) is 2.55. The largest absolute Gasteiger partial charge is 0.456 e. The fraction of sp³-hybridized carbons (Fsp3) is 0.250. The van der Waals surface area contributed by atoms with Crippen molar-refractivity contribution in [1.82, 2.24) is 0 Å². The lowest BCUT2D eigenvalue weighted by Crippen LogP contribution is -2.21. The van der Waals surface area contributed by atoms with Gasteiger partial charge in [-0.05, 0) is 64.7 Å². The van der Waals surface area contributed by atoms with Crippen molar-refractivity contribution in [3.05, 3.63) is 57.3 Å². The number of halogens is 3. The Labute approximate surface area is 137 Å². The van der Waals surface area contributed by atoms with Gasteiger partial charge in [0, 0.05) is 11.1 Å². The molecule has 0 aliphatic heterocycles. The van der Waals surface area contributed by atoms with Crippen LogP contribution in [0, 0.1) is 5.82 Å². The zero-order chi connectivity index (χ0) is 15.4. The van der Waals surface area contributed by atoms with Crippen LogP contribution in [0.3, 0.4) is 0 Å². The highest BCUT2D eigenvalue weighted by atomic mass is 79.9. The Morgan fingerprint density at radius 2 is 2.05 bits per heavy atom. The molecule has 0 saturated heterocycles. The van der Waals surface area contributed by atoms with E-state index in [1.807, 2.05) is 19.1 Å². The number of nitrogens with two attached hydrogens (primary N) is 1. The first-order valence-corrected chi connectivity index (χ1v) is 7.83. The molecule has 2 nitrogen and oxygen atoms in total. The second-order valence-corrected chi connectivity index (χ2v) is 6.06. The van der Waals surface area contributed by atoms with Crippen LogP contribution in [0.25, 0.3) is 0 Å². The average Bonchev–Trinajstić information content (AvgIpc) is 2.44. The average molecular weight is 373 g/mol. The summed E-state index contributed by atoms with van der Waals surface area (Å²) >= 11 is 9.52. The molecule has 0 spiro atoms. The highest BCUT2D eigenvalue weighted by Gasteiger charge is 2.09. The van der Waals surface area contributed by atoms with E-state index in [9.17, 15) is 4.39 Å². The molecule has 0 fully saturated rings. The van der Waals surface area contributed by atoms with E-state index >= 15 is 0 Å². The molecule has 2 aromatic rings. The van der Waals surface area contributed by atoms with Crippen molar-refractivity contribution < 1.29 is 9.13 Å². The van der Waals surface area contributed by atoms with E-state index in [-0.39, 0.29) is 11.9 Å². The van der Waals surface area contributed by atoms with E-state index < -0.39 is 0 Å². The zero-order valence-corrected chi connectivity index (χ0v) is 13.9. The van der Waals surface area contributed by atoms with Crippen molar-refractivity contribution in [2.75, 3.05) is 0 Å². The third kappa shape index (κ3) is 4.43. The van der Waals surface area contributed by atoms with Crippen molar-refractivity contribution in [3.63, 3.8) is 0 Å². The fourth-order valence-electron chi connectivity index (χ4n) is 1.87. The number of benzene rings is 2. The molecule has 1 atom stereocenters. The van der Waals surface area contributed by atoms with Crippen molar-refractivity contribution in [1.29, 1.82) is 0 Å². The zero-order valence-electron chi connectivity index (χ0n) is 11.6. The maximum atomic E-state index is 13.0. The van der Waals surface area contributed by atoms with Gasteiger partial charge in [0.2, 0.25) is 0 Å². The van der Waals surface area contributed by atoms with Gasteiger partial charge in [0.25, 0.3) is 0 Å². The number of rotatable bonds is 5. The van der Waals surface area contributed by atoms with E-state index in [1.165, 1.54) is 12.1 Å². The van der Waals surface area contributed by atoms with E-state index in [2.05, 4.69) is 15.9 Å². The SMILES string of the molecule is CCC(N)Cc1ccc(Oc2ccc(F)cc2Br)cc1Cl. The summed E-state index contributed by atoms with van der Waals surface area (Å²) < 4.78 is 19.3. The lowest BCUT2D eigenvalue weighted by atomic mass is 10.0. The van der Waals surface area contributed by atoms with Gasteiger partial charge in [0.15, 0.2) is 0 Å². The lowest BCUT2D eigenvalue weighted by Gasteiger charge is -2.12. The van der Waals surface area contributed by atoms with Gasteiger partial charge in [-0.3, -0.25) is 0 Å². The van der Waals surface area contributed by atoms with E-state index in [1.54, 1.807) is 12.1 Å². The van der Waals surface area contributed by atoms with Crippen LogP contribution >= 0.6 is 27.5 Å². The molecule has 0 saturated carbocycles. The maximum absolute atomic E-state index is 13.0. The summed E-state index contributed by atoms with van der Waals surface area (Å²) in [6, 6.07) is 9.84. The van der Waals surface area contributed by atoms with Gasteiger partial charge in [0.05, 0.1) is 4.47 Å². The molecule has 0 aromatic heterocycles. The van der Waals surface area contributed by atoms with Gasteiger partial charge in [0.1, 0.15) is 17.3 Å². The second kappa shape index (κ2) is 7.25. The van der Waals surface area contributed by atoms with Gasteiger partial charge in [-0.2, -0.15) is 0 Å². The first-order valence-electron chi connectivity index (χ1n) is 6.66. The molecule has 2 N–H and O–H groups in total. The number of ether oxygens (including phenoxy) is 1. The Hall–Kier alpha value is -1.10. The van der Waals surface area contributed by atoms with Crippen LogP contribution in [-0.4, -0.2) is 6.04 Å². The van der Waals surface area contributed by atoms with Crippen LogP contribution < -0.4 is 10.5 Å². The Bertz CT molecular complexity index is 636. The van der Waals surface area contributed by atoms with Gasteiger partial charge in [-0.15, -0.1) is 0 Å². The van der Waals surface area contributed by atoms with Crippen molar-refractivity contribution in [2.45, 2.75) is 25.8 Å². The monoisotopic (exact) mass is 371 g/mol. The third-order valence-electron chi connectivity index (χ3n) is 3.15. The number of hydrogen-bond acceptors (Lipinski definition) is 2. The molecule has 0 bridgehead atoms. The van der Waals surface area contributed by atoms with Gasteiger partial charge in [-0.25, -0.2) is 4.39 Å². The van der Waals surface area contributed by atoms with Crippen LogP contribution in [0.1, 0.15) is 18.9 Å². The van der Waals surface area contributed by atoms with Crippen molar-refractivity contribution in [3.8, 4) is 11.5 Å². The Kier molecular flexibility index (Phi) is 5.62. The van der Waals surface area contributed by atoms with E-state index in [0.29, 0.717) is 21.0 Å². The maximum Gasteiger partial charge on any atom is 0.141 e. The molecule has 0 amide bonds. The Morgan fingerprint density at radius 1 is 1.29 bits per heavy atom. The van der Waals surface area contributed by atoms with Gasteiger partial charge >= 0.3 is 0 Å². The summed E-state index contributed by atoms with van der Waals surface area (Å²) in [4.78, 5) is 0. The summed E-state index contributed by atoms with van der Waals surface area (Å²) in [5.41, 5.74) is 6.93. The van der Waals surface area contributed by atoms with Crippen LogP contribution in [-0.2, 0) is 6.42 Å². The van der Waals surface area contributed by atoms with E-state index in [0.717, 1.165) is 18.4 Å². The Balaban J connectivity index is 2.16. The predicted octanol–water partition coefficient (Wildman–Crippen LogP) is 5.31. The molecule has 0 radical (unpaired) electrons. The van der Waals surface area contributed by atoms with Crippen LogP contribution in [0.2, 0.25) is 5.02 Å². The van der Waals surface area contributed by atoms with Crippen LogP contribution in [0.5, 0.6) is 11.5 Å². The van der Waals surface area contributed by atoms with Crippen molar-refractivity contribution in [2.24, 2.45) is 5.73 Å². The molecule has 1 unspecified atom stereocenters. The molecule has 5 heteroatoms. The molecular weight excluding hydrogens is 357 g/mol. The second-order valence-electron chi connectivity index (χ2n) is 4.80. The quantitative estimate of drug-likeness (QED) is 0.771. The molecule has 21 heavy (non-hydrogen) atoms. The molecule has 2 rings (SSSR count). The molecule has 0 heterocycles. The summed E-state index contributed by atoms with van der Waals surface area (Å²) in [5, 5.41) is 0.620. The summed E-state index contributed by atoms with van der Waals surface area (Å²) in [6.07, 6.45) is 1.63. The molecule has 0 aliphatic rings. The first kappa shape index (κ1) is 16.3. The standard InChI is InChI=1S/C16H16BrClFNO/c1-2-12(20)7-10-3-5-13(9-15(10)18)21-16-6-4-11(19)8-14(16)17/h3-6,8-9,12H,2,7,20H2,1H3. The van der Waals surface area contributed by atoms with E-state index in [4.69, 9.17) is 22.1 Å². The predicted molar refractivity (Wildman–Crippen MR) is 87.6 cm³/mol. The summed E-state index contributed by atoms with van der Waals surface area (Å²) in [5.74, 6) is 0.808. The normalized spacial score (nSPS) is 12.2. The van der Waals surface area contributed by atoms with Crippen LogP contribution in [0.15, 0.2) is 40.9 Å². The molecular formula is C16H16BrClFNO. The molecule has 112 valence electrons. The lowest BCUT2D eigenvalue weighted by molar-refractivity contribution is 0.477. The Morgan fingerprint density at radius 3 is 2.67 bits per heavy atom. The minimum Gasteiger partial charge on any atom is -0.456 e. The van der Waals surface area contributed by atoms with Gasteiger partial charge < -0.3 is 10.5 Å². The third-order valence-corrected chi connectivity index (χ3v) is 4.12. The highest BCUT2D eigenvalue weighted by molar-refractivity contribution is 9.10. The first-order chi connectivity index (χ1) is 9.99. The summed E-state index contributed by atoms with van der Waals surface area (Å²) in [6.45, 7) is 2.04. The van der Waals surface area contributed by atoms with Gasteiger partial charge in [-0.1, -0.05) is 24.6 Å². The van der Waals surface area contributed by atoms with Crippen LogP contribution in [0.4, 0.5) is 4.39 Å². The minimum atomic E-state index is -0.323. The van der Waals surface area contributed by atoms with Crippen molar-refractivity contribution >= 4 is 27.5 Å². The molecule has 0 aliphatic carbocycles. The topological polar surface area (TPSA) is 35.2 Å². The summed E-state index contributed by atoms with van der Waals surface area (Å²) in [7, 11) is 0. The smallest absolute Gasteiger partial charge is 0.141 e. The molecule has 2 aromatic carbocycles. The highest BCUT2D eigenvalue weighted by Crippen LogP contribution is 2.32.